The molecule has 0 spiro atoms. The average Bonchev–Trinajstić information content (AvgIpc) is 2.85. The minimum absolute atomic E-state index is 0.272. The zero-order valence-corrected chi connectivity index (χ0v) is 14.6. The lowest BCUT2D eigenvalue weighted by Crippen LogP contribution is -2.16. The number of hydrogen-bond acceptors (Lipinski definition) is 4. The predicted molar refractivity (Wildman–Crippen MR) is 87.8 cm³/mol. The van der Waals surface area contributed by atoms with Crippen molar-refractivity contribution in [2.75, 3.05) is 19.8 Å². The van der Waals surface area contributed by atoms with Crippen molar-refractivity contribution < 1.29 is 18.7 Å². The number of ether oxygens (including phenoxy) is 2. The van der Waals surface area contributed by atoms with Gasteiger partial charge in [-0.05, 0) is 54.0 Å². The van der Waals surface area contributed by atoms with Crippen molar-refractivity contribution in [1.29, 1.82) is 0 Å². The van der Waals surface area contributed by atoms with Gasteiger partial charge in [-0.25, -0.2) is 9.18 Å². The number of nitrogens with zero attached hydrogens (tertiary/aromatic N) is 2. The molecule has 0 aliphatic carbocycles. The number of carbonyl (C=O) groups is 1. The molecule has 0 saturated carbocycles. The summed E-state index contributed by atoms with van der Waals surface area (Å²) in [6.45, 7) is 5.35. The largest absolute Gasteiger partial charge is 0.461 e. The Kier molecular flexibility index (Phi) is 6.29. The lowest BCUT2D eigenvalue weighted by atomic mass is 10.1. The molecule has 0 saturated heterocycles. The van der Waals surface area contributed by atoms with Crippen LogP contribution in [-0.4, -0.2) is 35.6 Å². The third kappa shape index (κ3) is 4.17. The highest BCUT2D eigenvalue weighted by molar-refractivity contribution is 9.10. The molecule has 23 heavy (non-hydrogen) atoms. The minimum atomic E-state index is -0.461. The maximum atomic E-state index is 13.1. The first-order valence-corrected chi connectivity index (χ1v) is 8.14. The van der Waals surface area contributed by atoms with Crippen molar-refractivity contribution in [3.8, 4) is 11.3 Å². The van der Waals surface area contributed by atoms with E-state index in [9.17, 15) is 9.18 Å². The molecule has 0 radical (unpaired) electrons. The van der Waals surface area contributed by atoms with Crippen molar-refractivity contribution in [1.82, 2.24) is 9.78 Å². The van der Waals surface area contributed by atoms with Crippen LogP contribution in [0.2, 0.25) is 0 Å². The third-order valence-corrected chi connectivity index (χ3v) is 3.88. The van der Waals surface area contributed by atoms with E-state index in [1.807, 2.05) is 6.92 Å². The van der Waals surface area contributed by atoms with Crippen molar-refractivity contribution >= 4 is 21.9 Å². The lowest BCUT2D eigenvalue weighted by Gasteiger charge is -2.07. The highest BCUT2D eigenvalue weighted by atomic mass is 79.9. The normalized spacial score (nSPS) is 10.8. The van der Waals surface area contributed by atoms with Crippen molar-refractivity contribution in [3.05, 3.63) is 40.2 Å². The Morgan fingerprint density at radius 3 is 2.57 bits per heavy atom. The first kappa shape index (κ1) is 17.6. The number of rotatable bonds is 7. The molecular weight excluding hydrogens is 367 g/mol. The fraction of sp³-hybridized carbons (Fsp3) is 0.375. The van der Waals surface area contributed by atoms with E-state index in [0.29, 0.717) is 41.2 Å². The van der Waals surface area contributed by atoms with Gasteiger partial charge in [0.05, 0.1) is 24.2 Å². The van der Waals surface area contributed by atoms with Gasteiger partial charge in [0.2, 0.25) is 0 Å². The van der Waals surface area contributed by atoms with Crippen LogP contribution in [0.1, 0.15) is 24.3 Å². The van der Waals surface area contributed by atoms with E-state index in [2.05, 4.69) is 21.0 Å². The van der Waals surface area contributed by atoms with Crippen LogP contribution in [0.25, 0.3) is 11.3 Å². The minimum Gasteiger partial charge on any atom is -0.461 e. The molecule has 2 aromatic rings. The van der Waals surface area contributed by atoms with Crippen LogP contribution >= 0.6 is 15.9 Å². The average molecular weight is 385 g/mol. The molecule has 1 aromatic carbocycles. The summed E-state index contributed by atoms with van der Waals surface area (Å²) < 4.78 is 25.6. The van der Waals surface area contributed by atoms with Crippen molar-refractivity contribution in [3.63, 3.8) is 0 Å². The lowest BCUT2D eigenvalue weighted by molar-refractivity contribution is 0.0506. The van der Waals surface area contributed by atoms with E-state index < -0.39 is 5.97 Å². The van der Waals surface area contributed by atoms with Gasteiger partial charge in [-0.1, -0.05) is 0 Å². The Morgan fingerprint density at radius 2 is 1.96 bits per heavy atom. The number of carbonyl (C=O) groups excluding carboxylic acids is 1. The molecule has 7 heteroatoms. The molecule has 0 aliphatic heterocycles. The SMILES string of the molecule is CCOCCn1nc(-c2ccc(F)cc2)c(Br)c1C(=O)OCC. The molecule has 0 amide bonds. The van der Waals surface area contributed by atoms with E-state index in [0.717, 1.165) is 0 Å². The molecule has 0 atom stereocenters. The fourth-order valence-corrected chi connectivity index (χ4v) is 2.76. The molecule has 1 aromatic heterocycles. The van der Waals surface area contributed by atoms with Gasteiger partial charge >= 0.3 is 5.97 Å². The molecule has 0 aliphatic rings. The molecular formula is C16H18BrFN2O3. The summed E-state index contributed by atoms with van der Waals surface area (Å²) in [6.07, 6.45) is 0. The van der Waals surface area contributed by atoms with Gasteiger partial charge in [0.25, 0.3) is 0 Å². The van der Waals surface area contributed by atoms with Crippen LogP contribution in [0.4, 0.5) is 4.39 Å². The van der Waals surface area contributed by atoms with E-state index in [-0.39, 0.29) is 12.4 Å². The monoisotopic (exact) mass is 384 g/mol. The van der Waals surface area contributed by atoms with E-state index >= 15 is 0 Å². The first-order valence-electron chi connectivity index (χ1n) is 7.35. The van der Waals surface area contributed by atoms with Crippen LogP contribution in [0.3, 0.4) is 0 Å². The second kappa shape index (κ2) is 8.21. The summed E-state index contributed by atoms with van der Waals surface area (Å²) in [7, 11) is 0. The van der Waals surface area contributed by atoms with E-state index in [4.69, 9.17) is 9.47 Å². The van der Waals surface area contributed by atoms with Crippen LogP contribution in [0.15, 0.2) is 28.7 Å². The summed E-state index contributed by atoms with van der Waals surface area (Å²) in [5, 5.41) is 4.45. The summed E-state index contributed by atoms with van der Waals surface area (Å²) in [6, 6.07) is 5.94. The Balaban J connectivity index is 2.41. The third-order valence-electron chi connectivity index (χ3n) is 3.13. The molecule has 0 fully saturated rings. The topological polar surface area (TPSA) is 53.4 Å². The van der Waals surface area contributed by atoms with Gasteiger partial charge in [0.15, 0.2) is 5.69 Å². The summed E-state index contributed by atoms with van der Waals surface area (Å²) in [5.74, 6) is -0.789. The fourth-order valence-electron chi connectivity index (χ4n) is 2.08. The Hall–Kier alpha value is -1.73. The number of benzene rings is 1. The zero-order valence-electron chi connectivity index (χ0n) is 13.0. The number of hydrogen-bond donors (Lipinski definition) is 0. The maximum absolute atomic E-state index is 13.1. The van der Waals surface area contributed by atoms with Gasteiger partial charge in [-0.3, -0.25) is 4.68 Å². The van der Waals surface area contributed by atoms with Gasteiger partial charge in [-0.2, -0.15) is 5.10 Å². The second-order valence-electron chi connectivity index (χ2n) is 4.66. The van der Waals surface area contributed by atoms with Crippen molar-refractivity contribution in [2.45, 2.75) is 20.4 Å². The summed E-state index contributed by atoms with van der Waals surface area (Å²) >= 11 is 3.42. The molecule has 1 heterocycles. The standard InChI is InChI=1S/C16H18BrFN2O3/c1-3-22-10-9-20-15(16(21)23-4-2)13(17)14(19-20)11-5-7-12(18)8-6-11/h5-8H,3-4,9-10H2,1-2H3. The van der Waals surface area contributed by atoms with Crippen LogP contribution in [0.5, 0.6) is 0 Å². The maximum Gasteiger partial charge on any atom is 0.357 e. The van der Waals surface area contributed by atoms with Crippen LogP contribution in [-0.2, 0) is 16.0 Å². The highest BCUT2D eigenvalue weighted by Crippen LogP contribution is 2.31. The zero-order chi connectivity index (χ0) is 16.8. The summed E-state index contributed by atoms with van der Waals surface area (Å²) in [5.41, 5.74) is 1.59. The van der Waals surface area contributed by atoms with Gasteiger partial charge < -0.3 is 9.47 Å². The quantitative estimate of drug-likeness (QED) is 0.539. The molecule has 124 valence electrons. The second-order valence-corrected chi connectivity index (χ2v) is 5.45. The highest BCUT2D eigenvalue weighted by Gasteiger charge is 2.23. The van der Waals surface area contributed by atoms with Gasteiger partial charge in [0, 0.05) is 12.2 Å². The smallest absolute Gasteiger partial charge is 0.357 e. The van der Waals surface area contributed by atoms with Crippen LogP contribution < -0.4 is 0 Å². The molecule has 5 nitrogen and oxygen atoms in total. The molecule has 0 unspecified atom stereocenters. The predicted octanol–water partition coefficient (Wildman–Crippen LogP) is 3.66. The number of esters is 1. The van der Waals surface area contributed by atoms with Gasteiger partial charge in [-0.15, -0.1) is 0 Å². The number of halogens is 2. The first-order chi connectivity index (χ1) is 11.1. The van der Waals surface area contributed by atoms with E-state index in [1.165, 1.54) is 12.1 Å². The Labute approximate surface area is 142 Å². The van der Waals surface area contributed by atoms with Gasteiger partial charge in [0.1, 0.15) is 11.5 Å². The molecule has 2 rings (SSSR count). The molecule has 0 bridgehead atoms. The molecule has 0 N–H and O–H groups in total. The van der Waals surface area contributed by atoms with Crippen LogP contribution in [0, 0.1) is 5.82 Å². The Bertz CT molecular complexity index is 671. The number of aromatic nitrogens is 2. The van der Waals surface area contributed by atoms with E-state index in [1.54, 1.807) is 23.7 Å². The summed E-state index contributed by atoms with van der Waals surface area (Å²) in [4.78, 5) is 12.2. The Morgan fingerprint density at radius 1 is 1.26 bits per heavy atom. The van der Waals surface area contributed by atoms with Crippen molar-refractivity contribution in [2.24, 2.45) is 0 Å².